The number of hydrogen-bond donors (Lipinski definition) is 1. The molecule has 2 rings (SSSR count). The Hall–Kier alpha value is -0.800. The van der Waals surface area contributed by atoms with Crippen molar-refractivity contribution < 1.29 is 4.74 Å². The molecule has 1 saturated heterocycles. The fourth-order valence-corrected chi connectivity index (χ4v) is 2.44. The molecule has 1 aliphatic rings. The summed E-state index contributed by atoms with van der Waals surface area (Å²) < 4.78 is 7.82. The average molecular weight is 236 g/mol. The average Bonchev–Trinajstić information content (AvgIpc) is 2.75. The van der Waals surface area contributed by atoms with Crippen molar-refractivity contribution in [2.75, 3.05) is 6.61 Å². The van der Waals surface area contributed by atoms with Crippen LogP contribution in [0.4, 0.5) is 0 Å². The van der Waals surface area contributed by atoms with E-state index in [9.17, 15) is 0 Å². The maximum Gasteiger partial charge on any atom is 0.0561 e. The topological polar surface area (TPSA) is 26.2 Å². The zero-order valence-electron chi connectivity index (χ0n) is 11.0. The third kappa shape index (κ3) is 3.86. The van der Waals surface area contributed by atoms with E-state index in [0.29, 0.717) is 12.1 Å². The van der Waals surface area contributed by atoms with Gasteiger partial charge in [-0.15, -0.1) is 0 Å². The van der Waals surface area contributed by atoms with Gasteiger partial charge in [0, 0.05) is 38.1 Å². The Kier molecular flexibility index (Phi) is 4.63. The van der Waals surface area contributed by atoms with E-state index in [1.807, 2.05) is 0 Å². The molecule has 3 nitrogen and oxygen atoms in total. The molecular weight excluding hydrogens is 212 g/mol. The molecule has 1 aromatic rings. The van der Waals surface area contributed by atoms with E-state index in [0.717, 1.165) is 32.5 Å². The third-order valence-corrected chi connectivity index (χ3v) is 3.37. The Bertz CT molecular complexity index is 335. The largest absolute Gasteiger partial charge is 0.378 e. The van der Waals surface area contributed by atoms with E-state index in [-0.39, 0.29) is 0 Å². The van der Waals surface area contributed by atoms with Gasteiger partial charge in [-0.2, -0.15) is 0 Å². The van der Waals surface area contributed by atoms with Gasteiger partial charge in [-0.1, -0.05) is 6.92 Å². The molecule has 2 heterocycles. The van der Waals surface area contributed by atoms with Crippen LogP contribution in [-0.2, 0) is 17.8 Å². The van der Waals surface area contributed by atoms with Gasteiger partial charge in [0.1, 0.15) is 0 Å². The van der Waals surface area contributed by atoms with E-state index in [1.165, 1.54) is 12.0 Å². The summed E-state index contributed by atoms with van der Waals surface area (Å²) in [5.41, 5.74) is 1.39. The molecule has 0 spiro atoms. The number of hydrogen-bond acceptors (Lipinski definition) is 2. The lowest BCUT2D eigenvalue weighted by molar-refractivity contribution is 0.0130. The molecule has 0 aliphatic carbocycles. The highest BCUT2D eigenvalue weighted by molar-refractivity contribution is 5.10. The van der Waals surface area contributed by atoms with Crippen LogP contribution in [0.25, 0.3) is 0 Å². The molecule has 17 heavy (non-hydrogen) atoms. The minimum absolute atomic E-state index is 0.408. The van der Waals surface area contributed by atoms with E-state index >= 15 is 0 Å². The predicted octanol–water partition coefficient (Wildman–Crippen LogP) is 2.56. The van der Waals surface area contributed by atoms with Crippen molar-refractivity contribution in [3.63, 3.8) is 0 Å². The second kappa shape index (κ2) is 6.22. The van der Waals surface area contributed by atoms with Crippen LogP contribution in [-0.4, -0.2) is 23.3 Å². The highest BCUT2D eigenvalue weighted by Gasteiger charge is 2.18. The summed E-state index contributed by atoms with van der Waals surface area (Å²) in [6.45, 7) is 7.37. The Balaban J connectivity index is 1.76. The van der Waals surface area contributed by atoms with Gasteiger partial charge in [0.25, 0.3) is 0 Å². The summed E-state index contributed by atoms with van der Waals surface area (Å²) in [6.07, 6.45) is 8.30. The minimum Gasteiger partial charge on any atom is -0.378 e. The lowest BCUT2D eigenvalue weighted by Crippen LogP contribution is -2.37. The standard InChI is InChI=1S/C14H24N2O/c1-3-6-16-7-4-13(11-16)10-15-14-5-8-17-12(2)9-14/h4,7,11-12,14-15H,3,5-6,8-10H2,1-2H3. The van der Waals surface area contributed by atoms with Crippen molar-refractivity contribution >= 4 is 0 Å². The van der Waals surface area contributed by atoms with Gasteiger partial charge < -0.3 is 14.6 Å². The molecule has 1 N–H and O–H groups in total. The quantitative estimate of drug-likeness (QED) is 0.850. The number of nitrogens with one attached hydrogen (secondary N) is 1. The molecule has 0 amide bonds. The SMILES string of the molecule is CCCn1ccc(CNC2CCOC(C)C2)c1. The summed E-state index contributed by atoms with van der Waals surface area (Å²) >= 11 is 0. The van der Waals surface area contributed by atoms with Crippen LogP contribution in [0.3, 0.4) is 0 Å². The summed E-state index contributed by atoms with van der Waals surface area (Å²) in [5, 5.41) is 3.63. The molecule has 0 saturated carbocycles. The molecule has 0 radical (unpaired) electrons. The van der Waals surface area contributed by atoms with Gasteiger partial charge in [-0.25, -0.2) is 0 Å². The normalized spacial score (nSPS) is 25.1. The zero-order valence-corrected chi connectivity index (χ0v) is 11.0. The predicted molar refractivity (Wildman–Crippen MR) is 70.0 cm³/mol. The molecule has 1 aliphatic heterocycles. The van der Waals surface area contributed by atoms with Crippen molar-refractivity contribution in [2.24, 2.45) is 0 Å². The van der Waals surface area contributed by atoms with Crippen molar-refractivity contribution in [3.05, 3.63) is 24.0 Å². The van der Waals surface area contributed by atoms with Crippen molar-refractivity contribution in [1.82, 2.24) is 9.88 Å². The highest BCUT2D eigenvalue weighted by Crippen LogP contribution is 2.14. The van der Waals surface area contributed by atoms with E-state index in [2.05, 4.69) is 42.2 Å². The monoisotopic (exact) mass is 236 g/mol. The van der Waals surface area contributed by atoms with Gasteiger partial charge in [0.15, 0.2) is 0 Å². The first-order chi connectivity index (χ1) is 8.28. The van der Waals surface area contributed by atoms with Crippen molar-refractivity contribution in [1.29, 1.82) is 0 Å². The van der Waals surface area contributed by atoms with Crippen LogP contribution in [0.1, 0.15) is 38.7 Å². The van der Waals surface area contributed by atoms with Gasteiger partial charge in [0.05, 0.1) is 6.10 Å². The maximum atomic E-state index is 5.55. The number of aromatic nitrogens is 1. The van der Waals surface area contributed by atoms with Gasteiger partial charge in [-0.05, 0) is 37.8 Å². The van der Waals surface area contributed by atoms with Crippen molar-refractivity contribution in [2.45, 2.75) is 58.3 Å². The lowest BCUT2D eigenvalue weighted by atomic mass is 10.0. The Morgan fingerprint density at radius 2 is 2.41 bits per heavy atom. The number of aryl methyl sites for hydroxylation is 1. The molecule has 2 atom stereocenters. The second-order valence-electron chi connectivity index (χ2n) is 5.04. The molecule has 0 bridgehead atoms. The molecule has 3 heteroatoms. The summed E-state index contributed by atoms with van der Waals surface area (Å²) in [6, 6.07) is 2.83. The lowest BCUT2D eigenvalue weighted by Gasteiger charge is -2.27. The second-order valence-corrected chi connectivity index (χ2v) is 5.04. The van der Waals surface area contributed by atoms with E-state index in [4.69, 9.17) is 4.74 Å². The fourth-order valence-electron chi connectivity index (χ4n) is 2.44. The van der Waals surface area contributed by atoms with E-state index in [1.54, 1.807) is 0 Å². The molecule has 1 aromatic heterocycles. The minimum atomic E-state index is 0.408. The van der Waals surface area contributed by atoms with Crippen LogP contribution in [0.5, 0.6) is 0 Å². The van der Waals surface area contributed by atoms with Gasteiger partial charge >= 0.3 is 0 Å². The van der Waals surface area contributed by atoms with Crippen LogP contribution in [0.2, 0.25) is 0 Å². The smallest absolute Gasteiger partial charge is 0.0561 e. The maximum absolute atomic E-state index is 5.55. The molecule has 0 aromatic carbocycles. The summed E-state index contributed by atoms with van der Waals surface area (Å²) in [5.74, 6) is 0. The molecule has 1 fully saturated rings. The summed E-state index contributed by atoms with van der Waals surface area (Å²) in [4.78, 5) is 0. The Morgan fingerprint density at radius 3 is 3.18 bits per heavy atom. The first-order valence-corrected chi connectivity index (χ1v) is 6.77. The van der Waals surface area contributed by atoms with E-state index < -0.39 is 0 Å². The van der Waals surface area contributed by atoms with Crippen LogP contribution in [0, 0.1) is 0 Å². The Morgan fingerprint density at radius 1 is 1.53 bits per heavy atom. The number of rotatable bonds is 5. The summed E-state index contributed by atoms with van der Waals surface area (Å²) in [7, 11) is 0. The van der Waals surface area contributed by atoms with Gasteiger partial charge in [0.2, 0.25) is 0 Å². The number of nitrogens with zero attached hydrogens (tertiary/aromatic N) is 1. The molecular formula is C14H24N2O. The molecule has 2 unspecified atom stereocenters. The first kappa shape index (κ1) is 12.7. The highest BCUT2D eigenvalue weighted by atomic mass is 16.5. The third-order valence-electron chi connectivity index (χ3n) is 3.37. The first-order valence-electron chi connectivity index (χ1n) is 6.77. The van der Waals surface area contributed by atoms with Crippen molar-refractivity contribution in [3.8, 4) is 0 Å². The van der Waals surface area contributed by atoms with Crippen LogP contribution >= 0.6 is 0 Å². The van der Waals surface area contributed by atoms with Gasteiger partial charge in [-0.3, -0.25) is 0 Å². The molecule has 96 valence electrons. The number of ether oxygens (including phenoxy) is 1. The fraction of sp³-hybridized carbons (Fsp3) is 0.714. The van der Waals surface area contributed by atoms with Crippen LogP contribution < -0.4 is 5.32 Å². The van der Waals surface area contributed by atoms with Crippen LogP contribution in [0.15, 0.2) is 18.5 Å². The Labute approximate surface area is 104 Å². The zero-order chi connectivity index (χ0) is 12.1.